The molecule has 0 radical (unpaired) electrons. The Morgan fingerprint density at radius 3 is 2.43 bits per heavy atom. The summed E-state index contributed by atoms with van der Waals surface area (Å²) in [7, 11) is 0. The lowest BCUT2D eigenvalue weighted by Crippen LogP contribution is -2.21. The van der Waals surface area contributed by atoms with Crippen LogP contribution < -0.4 is 0 Å². The van der Waals surface area contributed by atoms with E-state index < -0.39 is 0 Å². The molecule has 1 unspecified atom stereocenters. The van der Waals surface area contributed by atoms with E-state index in [0.29, 0.717) is 11.9 Å². The van der Waals surface area contributed by atoms with Crippen molar-refractivity contribution in [2.45, 2.75) is 46.5 Å². The van der Waals surface area contributed by atoms with Crippen molar-refractivity contribution >= 4 is 11.6 Å². The van der Waals surface area contributed by atoms with Gasteiger partial charge in [0.25, 0.3) is 0 Å². The van der Waals surface area contributed by atoms with Crippen LogP contribution in [0.2, 0.25) is 0 Å². The third-order valence-electron chi connectivity index (χ3n) is 2.81. The van der Waals surface area contributed by atoms with Gasteiger partial charge in [-0.2, -0.15) is 5.10 Å². The molecule has 14 heavy (non-hydrogen) atoms. The predicted octanol–water partition coefficient (Wildman–Crippen LogP) is 3.54. The molecule has 0 bridgehead atoms. The molecule has 1 atom stereocenters. The van der Waals surface area contributed by atoms with Gasteiger partial charge in [0.1, 0.15) is 0 Å². The minimum atomic E-state index is 0.224. The Kier molecular flexibility index (Phi) is 3.25. The largest absolute Gasteiger partial charge is 0.269 e. The second-order valence-electron chi connectivity index (χ2n) is 4.90. The topological polar surface area (TPSA) is 17.8 Å². The Hall–Kier alpha value is -0.500. The van der Waals surface area contributed by atoms with E-state index in [4.69, 9.17) is 11.6 Å². The van der Waals surface area contributed by atoms with E-state index >= 15 is 0 Å². The molecule has 1 aromatic rings. The quantitative estimate of drug-likeness (QED) is 0.689. The number of halogens is 1. The first-order valence-electron chi connectivity index (χ1n) is 4.97. The van der Waals surface area contributed by atoms with Crippen LogP contribution in [0.25, 0.3) is 0 Å². The summed E-state index contributed by atoms with van der Waals surface area (Å²) >= 11 is 5.81. The normalized spacial score (nSPS) is 14.4. The standard InChI is InChI=1S/C11H19ClN2/c1-8-10(6-12)7-14(13-8)9(2)11(3,4)5/h7,9H,6H2,1-5H3. The second kappa shape index (κ2) is 3.93. The Labute approximate surface area is 91.3 Å². The molecule has 0 aliphatic carbocycles. The summed E-state index contributed by atoms with van der Waals surface area (Å²) in [6.07, 6.45) is 2.05. The van der Waals surface area contributed by atoms with Crippen molar-refractivity contribution in [1.82, 2.24) is 9.78 Å². The van der Waals surface area contributed by atoms with Crippen LogP contribution in [0, 0.1) is 12.3 Å². The van der Waals surface area contributed by atoms with Crippen molar-refractivity contribution < 1.29 is 0 Å². The van der Waals surface area contributed by atoms with E-state index in [1.807, 2.05) is 11.6 Å². The van der Waals surface area contributed by atoms with E-state index in [2.05, 4.69) is 39.0 Å². The van der Waals surface area contributed by atoms with Gasteiger partial charge < -0.3 is 0 Å². The SMILES string of the molecule is Cc1nn(C(C)C(C)(C)C)cc1CCl. The predicted molar refractivity (Wildman–Crippen MR) is 60.7 cm³/mol. The molecule has 0 aromatic carbocycles. The first kappa shape index (κ1) is 11.6. The van der Waals surface area contributed by atoms with Crippen LogP contribution in [-0.2, 0) is 5.88 Å². The lowest BCUT2D eigenvalue weighted by atomic mass is 9.88. The summed E-state index contributed by atoms with van der Waals surface area (Å²) in [4.78, 5) is 0. The fourth-order valence-electron chi connectivity index (χ4n) is 1.25. The van der Waals surface area contributed by atoms with Crippen LogP contribution in [0.3, 0.4) is 0 Å². The summed E-state index contributed by atoms with van der Waals surface area (Å²) in [5.74, 6) is 0.544. The van der Waals surface area contributed by atoms with Gasteiger partial charge in [-0.1, -0.05) is 20.8 Å². The number of alkyl halides is 1. The number of rotatable bonds is 2. The van der Waals surface area contributed by atoms with E-state index in [1.54, 1.807) is 0 Å². The molecule has 0 saturated carbocycles. The zero-order chi connectivity index (χ0) is 10.9. The average Bonchev–Trinajstić information content (AvgIpc) is 2.43. The highest BCUT2D eigenvalue weighted by Gasteiger charge is 2.22. The van der Waals surface area contributed by atoms with Gasteiger partial charge in [0.05, 0.1) is 17.6 Å². The van der Waals surface area contributed by atoms with Crippen LogP contribution in [-0.4, -0.2) is 9.78 Å². The van der Waals surface area contributed by atoms with Crippen LogP contribution in [0.5, 0.6) is 0 Å². The maximum atomic E-state index is 5.81. The number of nitrogens with zero attached hydrogens (tertiary/aromatic N) is 2. The molecule has 80 valence electrons. The molecule has 0 N–H and O–H groups in total. The Morgan fingerprint density at radius 1 is 1.50 bits per heavy atom. The van der Waals surface area contributed by atoms with Gasteiger partial charge >= 0.3 is 0 Å². The smallest absolute Gasteiger partial charge is 0.0637 e. The van der Waals surface area contributed by atoms with Gasteiger partial charge in [0, 0.05) is 11.8 Å². The van der Waals surface area contributed by atoms with Crippen LogP contribution in [0.15, 0.2) is 6.20 Å². The van der Waals surface area contributed by atoms with Crippen molar-refractivity contribution in [1.29, 1.82) is 0 Å². The fraction of sp³-hybridized carbons (Fsp3) is 0.727. The highest BCUT2D eigenvalue weighted by Crippen LogP contribution is 2.29. The van der Waals surface area contributed by atoms with Crippen molar-refractivity contribution in [2.24, 2.45) is 5.41 Å². The summed E-state index contributed by atoms with van der Waals surface area (Å²) in [5, 5.41) is 4.48. The van der Waals surface area contributed by atoms with E-state index in [9.17, 15) is 0 Å². The van der Waals surface area contributed by atoms with Crippen LogP contribution >= 0.6 is 11.6 Å². The molecule has 0 spiro atoms. The van der Waals surface area contributed by atoms with Crippen LogP contribution in [0.1, 0.15) is 45.0 Å². The Balaban J connectivity index is 2.97. The van der Waals surface area contributed by atoms with Gasteiger partial charge in [-0.05, 0) is 19.3 Å². The van der Waals surface area contributed by atoms with Gasteiger partial charge in [-0.3, -0.25) is 4.68 Å². The first-order valence-corrected chi connectivity index (χ1v) is 5.50. The number of hydrogen-bond donors (Lipinski definition) is 0. The highest BCUT2D eigenvalue weighted by atomic mass is 35.5. The minimum absolute atomic E-state index is 0.224. The van der Waals surface area contributed by atoms with Crippen LogP contribution in [0.4, 0.5) is 0 Å². The number of aryl methyl sites for hydroxylation is 1. The van der Waals surface area contributed by atoms with Crippen molar-refractivity contribution in [2.75, 3.05) is 0 Å². The third-order valence-corrected chi connectivity index (χ3v) is 3.10. The molecule has 2 nitrogen and oxygen atoms in total. The molecule has 3 heteroatoms. The zero-order valence-corrected chi connectivity index (χ0v) is 10.4. The second-order valence-corrected chi connectivity index (χ2v) is 5.16. The van der Waals surface area contributed by atoms with Gasteiger partial charge in [-0.15, -0.1) is 11.6 Å². The van der Waals surface area contributed by atoms with Gasteiger partial charge in [0.15, 0.2) is 0 Å². The lowest BCUT2D eigenvalue weighted by molar-refractivity contribution is 0.244. The molecule has 0 fully saturated rings. The molecule has 1 heterocycles. The lowest BCUT2D eigenvalue weighted by Gasteiger charge is -2.27. The molecule has 1 aromatic heterocycles. The first-order chi connectivity index (χ1) is 6.36. The van der Waals surface area contributed by atoms with Crippen molar-refractivity contribution in [3.8, 4) is 0 Å². The molecule has 0 amide bonds. The molecular formula is C11H19ClN2. The molecule has 0 aliphatic rings. The maximum absolute atomic E-state index is 5.81. The number of aromatic nitrogens is 2. The van der Waals surface area contributed by atoms with Gasteiger partial charge in [0.2, 0.25) is 0 Å². The summed E-state index contributed by atoms with van der Waals surface area (Å²) in [6.45, 7) is 10.8. The third kappa shape index (κ3) is 2.30. The molecule has 1 rings (SSSR count). The average molecular weight is 215 g/mol. The number of hydrogen-bond acceptors (Lipinski definition) is 1. The molecule has 0 saturated heterocycles. The Bertz CT molecular complexity index is 310. The monoisotopic (exact) mass is 214 g/mol. The van der Waals surface area contributed by atoms with Gasteiger partial charge in [-0.25, -0.2) is 0 Å². The summed E-state index contributed by atoms with van der Waals surface area (Å²) < 4.78 is 2.02. The van der Waals surface area contributed by atoms with E-state index in [-0.39, 0.29) is 5.41 Å². The highest BCUT2D eigenvalue weighted by molar-refractivity contribution is 6.17. The summed E-state index contributed by atoms with van der Waals surface area (Å²) in [5.41, 5.74) is 2.39. The van der Waals surface area contributed by atoms with E-state index in [1.165, 1.54) is 0 Å². The Morgan fingerprint density at radius 2 is 2.07 bits per heavy atom. The van der Waals surface area contributed by atoms with E-state index in [0.717, 1.165) is 11.3 Å². The maximum Gasteiger partial charge on any atom is 0.0637 e. The molecule has 0 aliphatic heterocycles. The minimum Gasteiger partial charge on any atom is -0.269 e. The zero-order valence-electron chi connectivity index (χ0n) is 9.63. The molecular weight excluding hydrogens is 196 g/mol. The fourth-order valence-corrected chi connectivity index (χ4v) is 1.51. The van der Waals surface area contributed by atoms with Crippen molar-refractivity contribution in [3.05, 3.63) is 17.5 Å². The summed E-state index contributed by atoms with van der Waals surface area (Å²) in [6, 6.07) is 0.387. The van der Waals surface area contributed by atoms with Crippen molar-refractivity contribution in [3.63, 3.8) is 0 Å².